The molecular weight excluding hydrogens is 162 g/mol. The van der Waals surface area contributed by atoms with E-state index in [1.165, 1.54) is 6.08 Å². The minimum Gasteiger partial charge on any atom is -0.193 e. The topological polar surface area (TPSA) is 48.5 Å². The summed E-state index contributed by atoms with van der Waals surface area (Å²) in [6, 6.07) is 11.3. The quantitative estimate of drug-likeness (QED) is 0.498. The van der Waals surface area contributed by atoms with Gasteiger partial charge >= 0.3 is 0 Å². The van der Waals surface area contributed by atoms with E-state index in [-0.39, 0.29) is 0 Å². The standard InChI is InChI=1S/C10H9N3/c1-9(7-8-11)12-13-10-5-3-2-4-6-10/h2-7H,1H3. The smallest absolute Gasteiger partial charge is 0.0931 e. The van der Waals surface area contributed by atoms with Gasteiger partial charge in [0.05, 0.1) is 17.5 Å². The normalized spacial score (nSPS) is 11.5. The number of hydrogen-bond donors (Lipinski definition) is 0. The third-order valence-corrected chi connectivity index (χ3v) is 1.35. The summed E-state index contributed by atoms with van der Waals surface area (Å²) in [6.45, 7) is 1.73. The molecule has 0 heterocycles. The third-order valence-electron chi connectivity index (χ3n) is 1.35. The lowest BCUT2D eigenvalue weighted by atomic mass is 10.3. The second kappa shape index (κ2) is 4.83. The maximum absolute atomic E-state index is 8.31. The Balaban J connectivity index is 2.71. The molecule has 0 unspecified atom stereocenters. The van der Waals surface area contributed by atoms with E-state index >= 15 is 0 Å². The number of nitriles is 1. The van der Waals surface area contributed by atoms with Crippen molar-refractivity contribution >= 4 is 5.69 Å². The van der Waals surface area contributed by atoms with Crippen molar-refractivity contribution in [1.29, 1.82) is 5.26 Å². The molecule has 0 aromatic heterocycles. The molecule has 1 rings (SSSR count). The van der Waals surface area contributed by atoms with Crippen LogP contribution in [0.4, 0.5) is 5.69 Å². The highest BCUT2D eigenvalue weighted by atomic mass is 15.1. The van der Waals surface area contributed by atoms with E-state index in [1.807, 2.05) is 36.4 Å². The van der Waals surface area contributed by atoms with Crippen molar-refractivity contribution in [3.05, 3.63) is 42.1 Å². The van der Waals surface area contributed by atoms with Crippen molar-refractivity contribution in [2.45, 2.75) is 6.92 Å². The molecule has 0 N–H and O–H groups in total. The van der Waals surface area contributed by atoms with E-state index in [0.29, 0.717) is 5.70 Å². The molecule has 0 saturated heterocycles. The van der Waals surface area contributed by atoms with Crippen molar-refractivity contribution < 1.29 is 0 Å². The lowest BCUT2D eigenvalue weighted by Gasteiger charge is -1.89. The van der Waals surface area contributed by atoms with Crippen molar-refractivity contribution in [2.75, 3.05) is 0 Å². The second-order valence-electron chi connectivity index (χ2n) is 2.45. The fraction of sp³-hybridized carbons (Fsp3) is 0.100. The van der Waals surface area contributed by atoms with Crippen molar-refractivity contribution in [3.8, 4) is 6.07 Å². The van der Waals surface area contributed by atoms with Gasteiger partial charge in [0.2, 0.25) is 0 Å². The van der Waals surface area contributed by atoms with Gasteiger partial charge < -0.3 is 0 Å². The van der Waals surface area contributed by atoms with Gasteiger partial charge in [0.1, 0.15) is 0 Å². The fourth-order valence-corrected chi connectivity index (χ4v) is 0.754. The van der Waals surface area contributed by atoms with E-state index in [2.05, 4.69) is 10.2 Å². The van der Waals surface area contributed by atoms with Crippen LogP contribution in [0.3, 0.4) is 0 Å². The molecule has 0 aliphatic rings. The van der Waals surface area contributed by atoms with Gasteiger partial charge in [0.25, 0.3) is 0 Å². The molecule has 13 heavy (non-hydrogen) atoms. The number of azo groups is 1. The van der Waals surface area contributed by atoms with E-state index in [4.69, 9.17) is 5.26 Å². The Kier molecular flexibility index (Phi) is 3.40. The molecule has 0 spiro atoms. The number of hydrogen-bond acceptors (Lipinski definition) is 3. The molecule has 0 amide bonds. The number of benzene rings is 1. The Morgan fingerprint density at radius 2 is 2.08 bits per heavy atom. The summed E-state index contributed by atoms with van der Waals surface area (Å²) < 4.78 is 0. The fourth-order valence-electron chi connectivity index (χ4n) is 0.754. The monoisotopic (exact) mass is 171 g/mol. The lowest BCUT2D eigenvalue weighted by molar-refractivity contribution is 1.13. The van der Waals surface area contributed by atoms with E-state index in [0.717, 1.165) is 5.69 Å². The molecule has 3 heteroatoms. The van der Waals surface area contributed by atoms with Crippen LogP contribution in [-0.4, -0.2) is 0 Å². The highest BCUT2D eigenvalue weighted by molar-refractivity contribution is 5.35. The zero-order chi connectivity index (χ0) is 9.52. The van der Waals surface area contributed by atoms with Gasteiger partial charge in [-0.1, -0.05) is 18.2 Å². The van der Waals surface area contributed by atoms with Crippen LogP contribution in [0.5, 0.6) is 0 Å². The molecule has 1 aromatic carbocycles. The molecule has 0 aliphatic heterocycles. The molecule has 1 aromatic rings. The average molecular weight is 171 g/mol. The average Bonchev–Trinajstić information content (AvgIpc) is 2.17. The first-order chi connectivity index (χ1) is 6.33. The molecule has 0 atom stereocenters. The molecule has 0 aliphatic carbocycles. The van der Waals surface area contributed by atoms with Crippen LogP contribution in [0.25, 0.3) is 0 Å². The molecule has 0 saturated carbocycles. The summed E-state index contributed by atoms with van der Waals surface area (Å²) >= 11 is 0. The molecule has 0 radical (unpaired) electrons. The van der Waals surface area contributed by atoms with Gasteiger partial charge in [0, 0.05) is 6.08 Å². The Bertz CT molecular complexity index is 358. The van der Waals surface area contributed by atoms with Crippen molar-refractivity contribution in [1.82, 2.24) is 0 Å². The van der Waals surface area contributed by atoms with E-state index < -0.39 is 0 Å². The van der Waals surface area contributed by atoms with Crippen LogP contribution in [0, 0.1) is 11.3 Å². The van der Waals surface area contributed by atoms with Gasteiger partial charge in [-0.25, -0.2) is 0 Å². The van der Waals surface area contributed by atoms with Crippen molar-refractivity contribution in [2.24, 2.45) is 10.2 Å². The Morgan fingerprint density at radius 3 is 2.69 bits per heavy atom. The minimum absolute atomic E-state index is 0.603. The first kappa shape index (κ1) is 9.14. The molecule has 3 nitrogen and oxygen atoms in total. The highest BCUT2D eigenvalue weighted by Crippen LogP contribution is 2.11. The minimum atomic E-state index is 0.603. The van der Waals surface area contributed by atoms with Crippen LogP contribution in [-0.2, 0) is 0 Å². The Morgan fingerprint density at radius 1 is 1.38 bits per heavy atom. The zero-order valence-corrected chi connectivity index (χ0v) is 7.31. The van der Waals surface area contributed by atoms with Crippen LogP contribution >= 0.6 is 0 Å². The van der Waals surface area contributed by atoms with Crippen molar-refractivity contribution in [3.63, 3.8) is 0 Å². The molecule has 64 valence electrons. The Hall–Kier alpha value is -1.95. The van der Waals surface area contributed by atoms with Gasteiger partial charge in [-0.15, -0.1) is 0 Å². The van der Waals surface area contributed by atoms with Gasteiger partial charge in [0.15, 0.2) is 0 Å². The first-order valence-electron chi connectivity index (χ1n) is 3.86. The third kappa shape index (κ3) is 3.30. The van der Waals surface area contributed by atoms with E-state index in [9.17, 15) is 0 Å². The number of rotatable bonds is 2. The summed E-state index contributed by atoms with van der Waals surface area (Å²) in [5.41, 5.74) is 1.39. The summed E-state index contributed by atoms with van der Waals surface area (Å²) in [4.78, 5) is 0. The largest absolute Gasteiger partial charge is 0.193 e. The van der Waals surface area contributed by atoms with Gasteiger partial charge in [-0.3, -0.25) is 0 Å². The van der Waals surface area contributed by atoms with Gasteiger partial charge in [-0.2, -0.15) is 15.5 Å². The highest BCUT2D eigenvalue weighted by Gasteiger charge is 1.85. The van der Waals surface area contributed by atoms with Gasteiger partial charge in [-0.05, 0) is 19.1 Å². The number of nitrogens with zero attached hydrogens (tertiary/aromatic N) is 3. The number of allylic oxidation sites excluding steroid dienone is 2. The Labute approximate surface area is 77.0 Å². The van der Waals surface area contributed by atoms with Crippen LogP contribution in [0.1, 0.15) is 6.92 Å². The zero-order valence-electron chi connectivity index (χ0n) is 7.31. The van der Waals surface area contributed by atoms with Crippen LogP contribution < -0.4 is 0 Å². The van der Waals surface area contributed by atoms with Crippen LogP contribution in [0.15, 0.2) is 52.3 Å². The summed E-state index contributed by atoms with van der Waals surface area (Å²) in [6.07, 6.45) is 1.35. The first-order valence-corrected chi connectivity index (χ1v) is 3.86. The maximum atomic E-state index is 8.31. The predicted octanol–water partition coefficient (Wildman–Crippen LogP) is 3.20. The lowest BCUT2D eigenvalue weighted by Crippen LogP contribution is -1.65. The predicted molar refractivity (Wildman–Crippen MR) is 50.3 cm³/mol. The molecule has 0 bridgehead atoms. The molecular formula is C10H9N3. The summed E-state index contributed by atoms with van der Waals surface area (Å²) in [7, 11) is 0. The summed E-state index contributed by atoms with van der Waals surface area (Å²) in [5, 5.41) is 16.1. The SMILES string of the molecule is CC(=CC#N)N=Nc1ccccc1. The maximum Gasteiger partial charge on any atom is 0.0931 e. The molecule has 0 fully saturated rings. The second-order valence-corrected chi connectivity index (χ2v) is 2.45. The summed E-state index contributed by atoms with van der Waals surface area (Å²) in [5.74, 6) is 0. The van der Waals surface area contributed by atoms with Crippen LogP contribution in [0.2, 0.25) is 0 Å². The van der Waals surface area contributed by atoms with E-state index in [1.54, 1.807) is 6.92 Å².